The van der Waals surface area contributed by atoms with Crippen molar-refractivity contribution in [1.29, 1.82) is 0 Å². The van der Waals surface area contributed by atoms with Crippen LogP contribution in [0.1, 0.15) is 0 Å². The monoisotopic (exact) mass is 396 g/mol. The van der Waals surface area contributed by atoms with Gasteiger partial charge in [-0.05, 0) is 34.1 Å². The van der Waals surface area contributed by atoms with Crippen LogP contribution in [-0.2, 0) is 10.0 Å². The molecule has 0 aliphatic heterocycles. The molecule has 0 saturated heterocycles. The van der Waals surface area contributed by atoms with E-state index in [0.717, 1.165) is 11.3 Å². The molecule has 0 saturated carbocycles. The fraction of sp³-hybridized carbons (Fsp3) is 0.0909. The average Bonchev–Trinajstić information content (AvgIpc) is 2.72. The summed E-state index contributed by atoms with van der Waals surface area (Å²) in [6, 6.07) is 6.01. The number of sulfonamides is 1. The summed E-state index contributed by atoms with van der Waals surface area (Å²) in [7, 11) is -2.24. The Labute approximate surface area is 133 Å². The lowest BCUT2D eigenvalue weighted by atomic mass is 10.3. The van der Waals surface area contributed by atoms with Crippen LogP contribution >= 0.6 is 38.9 Å². The van der Waals surface area contributed by atoms with E-state index in [0.29, 0.717) is 25.9 Å². The molecule has 2 rings (SSSR count). The number of benzene rings is 1. The summed E-state index contributed by atoms with van der Waals surface area (Å²) in [6.07, 6.45) is 0. The number of anilines is 2. The minimum absolute atomic E-state index is 0.116. The molecule has 0 aliphatic rings. The third-order valence-corrected chi connectivity index (χ3v) is 6.70. The lowest BCUT2D eigenvalue weighted by Gasteiger charge is -2.09. The van der Waals surface area contributed by atoms with Gasteiger partial charge in [0.2, 0.25) is 0 Å². The summed E-state index contributed by atoms with van der Waals surface area (Å²) in [4.78, 5) is 0. The molecule has 0 unspecified atom stereocenters. The molecule has 1 heterocycles. The normalized spacial score (nSPS) is 11.3. The molecule has 0 amide bonds. The molecule has 1 aromatic carbocycles. The van der Waals surface area contributed by atoms with Crippen molar-refractivity contribution in [2.75, 3.05) is 17.6 Å². The van der Waals surface area contributed by atoms with Gasteiger partial charge in [-0.2, -0.15) is 0 Å². The molecule has 1 aromatic heterocycles. The van der Waals surface area contributed by atoms with Crippen LogP contribution in [0.25, 0.3) is 0 Å². The standard InChI is InChI=1S/C11H10BrClN2O3S2/c1-18-9-4-6(2-3-8(9)14)15-20(16,17)10-5-7(13)11(12)19-10/h2-5,15H,14H2,1H3. The Bertz CT molecular complexity index is 727. The van der Waals surface area contributed by atoms with Gasteiger partial charge in [-0.15, -0.1) is 11.3 Å². The third-order valence-electron chi connectivity index (χ3n) is 2.37. The van der Waals surface area contributed by atoms with Crippen molar-refractivity contribution < 1.29 is 13.2 Å². The minimum Gasteiger partial charge on any atom is -0.495 e. The summed E-state index contributed by atoms with van der Waals surface area (Å²) in [5, 5.41) is 0.352. The zero-order valence-electron chi connectivity index (χ0n) is 10.2. The maximum Gasteiger partial charge on any atom is 0.271 e. The van der Waals surface area contributed by atoms with Gasteiger partial charge in [0.1, 0.15) is 9.96 Å². The number of ether oxygens (including phenoxy) is 1. The molecule has 9 heteroatoms. The summed E-state index contributed by atoms with van der Waals surface area (Å²) in [5.74, 6) is 0.399. The first-order valence-corrected chi connectivity index (χ1v) is 8.71. The van der Waals surface area contributed by atoms with Gasteiger partial charge in [0.05, 0.1) is 27.3 Å². The van der Waals surface area contributed by atoms with E-state index in [1.807, 2.05) is 0 Å². The topological polar surface area (TPSA) is 81.4 Å². The Morgan fingerprint density at radius 1 is 1.40 bits per heavy atom. The fourth-order valence-electron chi connectivity index (χ4n) is 1.44. The molecule has 5 nitrogen and oxygen atoms in total. The van der Waals surface area contributed by atoms with Crippen molar-refractivity contribution in [2.45, 2.75) is 4.21 Å². The van der Waals surface area contributed by atoms with Crippen LogP contribution in [0.5, 0.6) is 5.75 Å². The summed E-state index contributed by atoms with van der Waals surface area (Å²) < 4.78 is 32.6. The fourth-order valence-corrected chi connectivity index (χ4v) is 4.89. The highest BCUT2D eigenvalue weighted by Gasteiger charge is 2.19. The van der Waals surface area contributed by atoms with Gasteiger partial charge in [0.25, 0.3) is 10.0 Å². The van der Waals surface area contributed by atoms with Gasteiger partial charge in [-0.3, -0.25) is 4.72 Å². The second kappa shape index (κ2) is 5.80. The van der Waals surface area contributed by atoms with E-state index in [9.17, 15) is 8.42 Å². The summed E-state index contributed by atoms with van der Waals surface area (Å²) in [5.41, 5.74) is 6.46. The van der Waals surface area contributed by atoms with E-state index in [2.05, 4.69) is 20.7 Å². The number of halogens is 2. The van der Waals surface area contributed by atoms with Gasteiger partial charge in [0, 0.05) is 6.07 Å². The molecule has 3 N–H and O–H groups in total. The van der Waals surface area contributed by atoms with Gasteiger partial charge < -0.3 is 10.5 Å². The highest BCUT2D eigenvalue weighted by molar-refractivity contribution is 9.11. The molecule has 108 valence electrons. The lowest BCUT2D eigenvalue weighted by Crippen LogP contribution is -2.11. The predicted octanol–water partition coefficient (Wildman–Crippen LogP) is 3.56. The SMILES string of the molecule is COc1cc(NS(=O)(=O)c2cc(Cl)c(Br)s2)ccc1N. The molecule has 0 spiro atoms. The van der Waals surface area contributed by atoms with Crippen molar-refractivity contribution in [1.82, 2.24) is 0 Å². The number of hydrogen-bond donors (Lipinski definition) is 2. The van der Waals surface area contributed by atoms with Gasteiger partial charge in [-0.1, -0.05) is 11.6 Å². The van der Waals surface area contributed by atoms with Gasteiger partial charge in [0.15, 0.2) is 0 Å². The van der Waals surface area contributed by atoms with Gasteiger partial charge >= 0.3 is 0 Å². The Morgan fingerprint density at radius 2 is 2.10 bits per heavy atom. The second-order valence-corrected chi connectivity index (χ2v) is 8.44. The van der Waals surface area contributed by atoms with Gasteiger partial charge in [-0.25, -0.2) is 8.42 Å². The van der Waals surface area contributed by atoms with Crippen LogP contribution < -0.4 is 15.2 Å². The van der Waals surface area contributed by atoms with Crippen molar-refractivity contribution in [2.24, 2.45) is 0 Å². The van der Waals surface area contributed by atoms with E-state index in [1.54, 1.807) is 12.1 Å². The molecule has 20 heavy (non-hydrogen) atoms. The highest BCUT2D eigenvalue weighted by atomic mass is 79.9. The lowest BCUT2D eigenvalue weighted by molar-refractivity contribution is 0.417. The van der Waals surface area contributed by atoms with Crippen molar-refractivity contribution in [3.63, 3.8) is 0 Å². The van der Waals surface area contributed by atoms with E-state index in [4.69, 9.17) is 22.1 Å². The molecular weight excluding hydrogens is 388 g/mol. The smallest absolute Gasteiger partial charge is 0.271 e. The van der Waals surface area contributed by atoms with Crippen LogP contribution in [0.4, 0.5) is 11.4 Å². The first kappa shape index (κ1) is 15.4. The second-order valence-electron chi connectivity index (χ2n) is 3.75. The number of rotatable bonds is 4. The first-order chi connectivity index (χ1) is 9.33. The van der Waals surface area contributed by atoms with Crippen LogP contribution in [0.2, 0.25) is 5.02 Å². The largest absolute Gasteiger partial charge is 0.495 e. The van der Waals surface area contributed by atoms with E-state index < -0.39 is 10.0 Å². The zero-order valence-corrected chi connectivity index (χ0v) is 14.2. The highest BCUT2D eigenvalue weighted by Crippen LogP contribution is 2.35. The Balaban J connectivity index is 2.33. The van der Waals surface area contributed by atoms with Crippen molar-refractivity contribution in [3.8, 4) is 5.75 Å². The quantitative estimate of drug-likeness (QED) is 0.773. The van der Waals surface area contributed by atoms with E-state index in [-0.39, 0.29) is 4.21 Å². The number of nitrogens with two attached hydrogens (primary N) is 1. The average molecular weight is 398 g/mol. The van der Waals surface area contributed by atoms with Crippen molar-refractivity contribution in [3.05, 3.63) is 33.1 Å². The Morgan fingerprint density at radius 3 is 2.65 bits per heavy atom. The Kier molecular flexibility index (Phi) is 4.48. The van der Waals surface area contributed by atoms with E-state index >= 15 is 0 Å². The molecule has 0 radical (unpaired) electrons. The summed E-state index contributed by atoms with van der Waals surface area (Å²) in [6.45, 7) is 0. The Hall–Kier alpha value is -0.960. The molecule has 0 bridgehead atoms. The van der Waals surface area contributed by atoms with Crippen LogP contribution in [-0.4, -0.2) is 15.5 Å². The van der Waals surface area contributed by atoms with Crippen LogP contribution in [0.15, 0.2) is 32.3 Å². The maximum atomic E-state index is 12.2. The zero-order chi connectivity index (χ0) is 14.9. The molecule has 2 aromatic rings. The molecule has 0 fully saturated rings. The molecule has 0 atom stereocenters. The number of hydrogen-bond acceptors (Lipinski definition) is 5. The van der Waals surface area contributed by atoms with Crippen LogP contribution in [0, 0.1) is 0 Å². The molecular formula is C11H10BrClN2O3S2. The third kappa shape index (κ3) is 3.20. The van der Waals surface area contributed by atoms with Crippen molar-refractivity contribution >= 4 is 60.3 Å². The van der Waals surface area contributed by atoms with E-state index in [1.165, 1.54) is 19.2 Å². The van der Waals surface area contributed by atoms with Crippen LogP contribution in [0.3, 0.4) is 0 Å². The maximum absolute atomic E-state index is 12.2. The number of nitrogen functional groups attached to an aromatic ring is 1. The number of thiophene rings is 1. The first-order valence-electron chi connectivity index (χ1n) is 5.24. The predicted molar refractivity (Wildman–Crippen MR) is 85.2 cm³/mol. The number of nitrogens with one attached hydrogen (secondary N) is 1. The minimum atomic E-state index is -3.70. The molecule has 0 aliphatic carbocycles. The summed E-state index contributed by atoms with van der Waals surface area (Å²) >= 11 is 10.1. The number of methoxy groups -OCH3 is 1.